The molecule has 0 saturated heterocycles. The fourth-order valence-corrected chi connectivity index (χ4v) is 5.29. The molecule has 0 amide bonds. The number of aromatic nitrogens is 1. The third kappa shape index (κ3) is 2.78. The highest BCUT2D eigenvalue weighted by molar-refractivity contribution is 6.01. The summed E-state index contributed by atoms with van der Waals surface area (Å²) in [6.07, 6.45) is 17.5. The number of nitrogens with zero attached hydrogens (tertiary/aromatic N) is 2. The minimum Gasteiger partial charge on any atom is -0.379 e. The number of fused-ring (bicyclic) bond motifs is 4. The molecule has 30 heavy (non-hydrogen) atoms. The molecule has 2 aliphatic heterocycles. The number of nitrogens with one attached hydrogen (secondary N) is 2. The molecule has 1 fully saturated rings. The van der Waals surface area contributed by atoms with Gasteiger partial charge in [0.25, 0.3) is 0 Å². The van der Waals surface area contributed by atoms with E-state index in [2.05, 4.69) is 89.9 Å². The summed E-state index contributed by atoms with van der Waals surface area (Å²) in [7, 11) is 0. The highest BCUT2D eigenvalue weighted by Crippen LogP contribution is 2.49. The van der Waals surface area contributed by atoms with Crippen LogP contribution < -0.4 is 10.6 Å². The molecule has 0 bridgehead atoms. The Hall–Kier alpha value is -3.01. The van der Waals surface area contributed by atoms with Crippen LogP contribution in [0.15, 0.2) is 64.8 Å². The van der Waals surface area contributed by atoms with Gasteiger partial charge in [0.05, 0.1) is 29.0 Å². The predicted octanol–water partition coefficient (Wildman–Crippen LogP) is 5.93. The summed E-state index contributed by atoms with van der Waals surface area (Å²) in [4.78, 5) is 4.84. The van der Waals surface area contributed by atoms with Gasteiger partial charge in [-0.05, 0) is 55.0 Å². The van der Waals surface area contributed by atoms with E-state index < -0.39 is 0 Å². The van der Waals surface area contributed by atoms with E-state index in [0.717, 1.165) is 24.6 Å². The van der Waals surface area contributed by atoms with E-state index >= 15 is 0 Å². The van der Waals surface area contributed by atoms with Gasteiger partial charge in [0, 0.05) is 36.0 Å². The van der Waals surface area contributed by atoms with Crippen molar-refractivity contribution in [3.8, 4) is 0 Å². The molecule has 2 N–H and O–H groups in total. The second kappa shape index (κ2) is 6.76. The van der Waals surface area contributed by atoms with E-state index in [1.54, 1.807) is 0 Å². The number of rotatable bonds is 3. The van der Waals surface area contributed by atoms with Crippen molar-refractivity contribution in [3.05, 3.63) is 65.5 Å². The number of anilines is 2. The Morgan fingerprint density at radius 1 is 1.17 bits per heavy atom. The van der Waals surface area contributed by atoms with Gasteiger partial charge in [-0.1, -0.05) is 37.3 Å². The minimum atomic E-state index is 0.324. The molecular formula is C26H28N4. The van der Waals surface area contributed by atoms with E-state index in [4.69, 9.17) is 4.99 Å². The fraction of sp³-hybridized carbons (Fsp3) is 0.346. The molecule has 6 rings (SSSR count). The first-order valence-corrected chi connectivity index (χ1v) is 11.1. The standard InChI is InChI=1S/C26H28N4/c1-16-7-4-3-5-8-21(16)29-18-10-11-23-20(13-18)26-24(9-6-12-27-26)30(23)25-15-28-22-14-19(22)17(25)2/h3-7,9-11,13,15,17,19,22,25,27,29H,8,12,14H2,1-2H3/t17?,19-,22-,25?/m1/s1. The molecule has 152 valence electrons. The van der Waals surface area contributed by atoms with Crippen molar-refractivity contribution in [2.24, 2.45) is 16.8 Å². The quantitative estimate of drug-likeness (QED) is 0.675. The Kier molecular flexibility index (Phi) is 4.02. The van der Waals surface area contributed by atoms with E-state index in [1.807, 2.05) is 0 Å². The summed E-state index contributed by atoms with van der Waals surface area (Å²) in [6, 6.07) is 7.71. The highest BCUT2D eigenvalue weighted by atomic mass is 15.1. The van der Waals surface area contributed by atoms with Gasteiger partial charge in [0.1, 0.15) is 0 Å². The highest BCUT2D eigenvalue weighted by Gasteiger charge is 2.47. The van der Waals surface area contributed by atoms with Crippen LogP contribution in [0, 0.1) is 11.8 Å². The van der Waals surface area contributed by atoms with Crippen molar-refractivity contribution in [1.82, 2.24) is 4.57 Å². The zero-order valence-corrected chi connectivity index (χ0v) is 17.6. The monoisotopic (exact) mass is 396 g/mol. The van der Waals surface area contributed by atoms with Crippen molar-refractivity contribution >= 4 is 34.6 Å². The normalized spacial score (nSPS) is 28.9. The van der Waals surface area contributed by atoms with Gasteiger partial charge in [-0.15, -0.1) is 0 Å². The molecule has 4 atom stereocenters. The Bertz CT molecular complexity index is 1170. The molecular weight excluding hydrogens is 368 g/mol. The SMILES string of the molecule is CC1=C(Nc2ccc3c(c2)c2c(n3C3C=N[C@@H]4C[C@@H]4C3C)C=CCN2)CC=CC=C1. The zero-order valence-electron chi connectivity index (χ0n) is 17.6. The summed E-state index contributed by atoms with van der Waals surface area (Å²) >= 11 is 0. The third-order valence-electron chi connectivity index (χ3n) is 7.15. The Morgan fingerprint density at radius 3 is 3.03 bits per heavy atom. The van der Waals surface area contributed by atoms with Crippen molar-refractivity contribution < 1.29 is 0 Å². The van der Waals surface area contributed by atoms with Crippen molar-refractivity contribution in [1.29, 1.82) is 0 Å². The second-order valence-corrected chi connectivity index (χ2v) is 9.04. The van der Waals surface area contributed by atoms with Crippen LogP contribution in [0.5, 0.6) is 0 Å². The lowest BCUT2D eigenvalue weighted by atomic mass is 9.94. The molecule has 4 nitrogen and oxygen atoms in total. The molecule has 0 radical (unpaired) electrons. The number of hydrogen-bond acceptors (Lipinski definition) is 3. The van der Waals surface area contributed by atoms with Crippen LogP contribution >= 0.6 is 0 Å². The van der Waals surface area contributed by atoms with Crippen molar-refractivity contribution in [2.75, 3.05) is 17.2 Å². The predicted molar refractivity (Wildman–Crippen MR) is 127 cm³/mol. The van der Waals surface area contributed by atoms with Crippen molar-refractivity contribution in [3.63, 3.8) is 0 Å². The number of aliphatic imine (C=N–C) groups is 1. The number of hydrogen-bond donors (Lipinski definition) is 2. The second-order valence-electron chi connectivity index (χ2n) is 9.04. The molecule has 2 aliphatic carbocycles. The average Bonchev–Trinajstić information content (AvgIpc) is 3.52. The lowest BCUT2D eigenvalue weighted by Crippen LogP contribution is -2.25. The fourth-order valence-electron chi connectivity index (χ4n) is 5.29. The molecule has 0 spiro atoms. The first kappa shape index (κ1) is 17.8. The largest absolute Gasteiger partial charge is 0.379 e. The third-order valence-corrected chi connectivity index (χ3v) is 7.15. The van der Waals surface area contributed by atoms with E-state index in [1.165, 1.54) is 40.0 Å². The van der Waals surface area contributed by atoms with Gasteiger partial charge >= 0.3 is 0 Å². The smallest absolute Gasteiger partial charge is 0.0719 e. The first-order valence-electron chi connectivity index (χ1n) is 11.1. The molecule has 1 aromatic carbocycles. The maximum absolute atomic E-state index is 4.84. The zero-order chi connectivity index (χ0) is 20.2. The topological polar surface area (TPSA) is 41.4 Å². The summed E-state index contributed by atoms with van der Waals surface area (Å²) in [5.41, 5.74) is 7.51. The maximum atomic E-state index is 4.84. The molecule has 2 aromatic rings. The van der Waals surface area contributed by atoms with E-state index in [0.29, 0.717) is 18.0 Å². The number of benzene rings is 1. The lowest BCUT2D eigenvalue weighted by molar-refractivity contribution is 0.387. The van der Waals surface area contributed by atoms with Crippen LogP contribution in [0.25, 0.3) is 17.0 Å². The molecule has 1 saturated carbocycles. The maximum Gasteiger partial charge on any atom is 0.0719 e. The minimum absolute atomic E-state index is 0.324. The summed E-state index contributed by atoms with van der Waals surface area (Å²) in [5.74, 6) is 1.37. The Labute approximate surface area is 177 Å². The van der Waals surface area contributed by atoms with Gasteiger partial charge in [-0.2, -0.15) is 0 Å². The van der Waals surface area contributed by atoms with Gasteiger partial charge in [0.15, 0.2) is 0 Å². The summed E-state index contributed by atoms with van der Waals surface area (Å²) in [6.45, 7) is 5.45. The Morgan fingerprint density at radius 2 is 2.10 bits per heavy atom. The van der Waals surface area contributed by atoms with Crippen LogP contribution in [0.1, 0.15) is 38.4 Å². The molecule has 4 aliphatic rings. The van der Waals surface area contributed by atoms with Gasteiger partial charge < -0.3 is 15.2 Å². The first-order chi connectivity index (χ1) is 14.7. The van der Waals surface area contributed by atoms with Crippen LogP contribution in [-0.2, 0) is 0 Å². The van der Waals surface area contributed by atoms with Gasteiger partial charge in [-0.3, -0.25) is 4.99 Å². The summed E-state index contributed by atoms with van der Waals surface area (Å²) in [5, 5.41) is 8.60. The van der Waals surface area contributed by atoms with Crippen molar-refractivity contribution in [2.45, 2.75) is 38.8 Å². The van der Waals surface area contributed by atoms with E-state index in [9.17, 15) is 0 Å². The van der Waals surface area contributed by atoms with Gasteiger partial charge in [-0.25, -0.2) is 0 Å². The van der Waals surface area contributed by atoms with E-state index in [-0.39, 0.29) is 0 Å². The Balaban J connectivity index is 1.45. The van der Waals surface area contributed by atoms with Crippen LogP contribution in [0.4, 0.5) is 11.4 Å². The molecule has 4 heteroatoms. The molecule has 1 aromatic heterocycles. The van der Waals surface area contributed by atoms with Crippen LogP contribution in [0.2, 0.25) is 0 Å². The molecule has 2 unspecified atom stereocenters. The number of allylic oxidation sites excluding steroid dienone is 5. The van der Waals surface area contributed by atoms with Crippen LogP contribution in [-0.4, -0.2) is 23.4 Å². The summed E-state index contributed by atoms with van der Waals surface area (Å²) < 4.78 is 2.52. The van der Waals surface area contributed by atoms with Gasteiger partial charge in [0.2, 0.25) is 0 Å². The van der Waals surface area contributed by atoms with Crippen LogP contribution in [0.3, 0.4) is 0 Å². The average molecular weight is 397 g/mol. The lowest BCUT2D eigenvalue weighted by Gasteiger charge is -2.28. The molecule has 3 heterocycles.